The number of carboxylic acids is 1. The van der Waals surface area contributed by atoms with Crippen LogP contribution in [-0.2, 0) is 11.3 Å². The van der Waals surface area contributed by atoms with Crippen LogP contribution in [0, 0.1) is 22.7 Å². The van der Waals surface area contributed by atoms with Gasteiger partial charge in [0.15, 0.2) is 0 Å². The SMILES string of the molecule is N#Cc1ccc(C=O)cc1.N#Cc1ccc(CNCCC(=O)O)cc1. The van der Waals surface area contributed by atoms with Crippen LogP contribution in [-0.4, -0.2) is 23.9 Å². The van der Waals surface area contributed by atoms with E-state index < -0.39 is 5.97 Å². The Labute approximate surface area is 146 Å². The highest BCUT2D eigenvalue weighted by Gasteiger charge is 1.96. The van der Waals surface area contributed by atoms with Crippen LogP contribution in [0.25, 0.3) is 0 Å². The van der Waals surface area contributed by atoms with Gasteiger partial charge in [-0.1, -0.05) is 24.3 Å². The van der Waals surface area contributed by atoms with Gasteiger partial charge in [0.25, 0.3) is 0 Å². The normalized spacial score (nSPS) is 9.04. The molecule has 2 aromatic rings. The molecule has 0 heterocycles. The van der Waals surface area contributed by atoms with Crippen molar-refractivity contribution in [3.8, 4) is 12.1 Å². The quantitative estimate of drug-likeness (QED) is 0.619. The van der Waals surface area contributed by atoms with Crippen molar-refractivity contribution in [3.05, 3.63) is 70.8 Å². The van der Waals surface area contributed by atoms with E-state index in [2.05, 4.69) is 5.32 Å². The third-order valence-corrected chi connectivity index (χ3v) is 3.10. The van der Waals surface area contributed by atoms with E-state index in [1.165, 1.54) is 0 Å². The van der Waals surface area contributed by atoms with Crippen LogP contribution in [0.2, 0.25) is 0 Å². The Balaban J connectivity index is 0.000000271. The highest BCUT2D eigenvalue weighted by atomic mass is 16.4. The van der Waals surface area contributed by atoms with Gasteiger partial charge in [-0.05, 0) is 29.8 Å². The molecule has 0 spiro atoms. The molecule has 0 radical (unpaired) electrons. The summed E-state index contributed by atoms with van der Waals surface area (Å²) in [5.74, 6) is -0.803. The Morgan fingerprint density at radius 1 is 1.00 bits per heavy atom. The van der Waals surface area contributed by atoms with Crippen molar-refractivity contribution in [2.75, 3.05) is 6.54 Å². The molecule has 0 unspecified atom stereocenters. The molecule has 0 atom stereocenters. The van der Waals surface area contributed by atoms with Gasteiger partial charge in [0.05, 0.1) is 29.7 Å². The van der Waals surface area contributed by atoms with Crippen LogP contribution in [0.15, 0.2) is 48.5 Å². The number of carboxylic acid groups (broad SMARTS) is 1. The van der Waals surface area contributed by atoms with Gasteiger partial charge in [0, 0.05) is 18.7 Å². The minimum atomic E-state index is -0.803. The predicted molar refractivity (Wildman–Crippen MR) is 91.7 cm³/mol. The second-order valence-electron chi connectivity index (χ2n) is 4.98. The second kappa shape index (κ2) is 11.1. The van der Waals surface area contributed by atoms with Gasteiger partial charge in [-0.2, -0.15) is 10.5 Å². The summed E-state index contributed by atoms with van der Waals surface area (Å²) in [5, 5.41) is 28.3. The largest absolute Gasteiger partial charge is 0.481 e. The fourth-order valence-corrected chi connectivity index (χ4v) is 1.76. The highest BCUT2D eigenvalue weighted by Crippen LogP contribution is 2.02. The third-order valence-electron chi connectivity index (χ3n) is 3.10. The molecular formula is C19H17N3O3. The number of aldehydes is 1. The zero-order chi connectivity index (χ0) is 18.5. The fourth-order valence-electron chi connectivity index (χ4n) is 1.76. The van der Waals surface area contributed by atoms with Gasteiger partial charge in [-0.15, -0.1) is 0 Å². The van der Waals surface area contributed by atoms with Crippen LogP contribution < -0.4 is 5.32 Å². The van der Waals surface area contributed by atoms with Crippen LogP contribution in [0.1, 0.15) is 33.5 Å². The lowest BCUT2D eigenvalue weighted by Crippen LogP contribution is -2.17. The number of nitrogens with zero attached hydrogens (tertiary/aromatic N) is 2. The van der Waals surface area contributed by atoms with Crippen molar-refractivity contribution in [3.63, 3.8) is 0 Å². The van der Waals surface area contributed by atoms with Gasteiger partial charge in [-0.25, -0.2) is 0 Å². The molecular weight excluding hydrogens is 318 g/mol. The summed E-state index contributed by atoms with van der Waals surface area (Å²) in [4.78, 5) is 20.3. The van der Waals surface area contributed by atoms with Crippen molar-refractivity contribution < 1.29 is 14.7 Å². The molecule has 0 aliphatic heterocycles. The maximum absolute atomic E-state index is 10.2. The topological polar surface area (TPSA) is 114 Å². The summed E-state index contributed by atoms with van der Waals surface area (Å²) in [6, 6.07) is 17.7. The first-order valence-electron chi connectivity index (χ1n) is 7.46. The van der Waals surface area contributed by atoms with E-state index in [1.54, 1.807) is 36.4 Å². The van der Waals surface area contributed by atoms with E-state index in [1.807, 2.05) is 24.3 Å². The second-order valence-corrected chi connectivity index (χ2v) is 4.98. The minimum absolute atomic E-state index is 0.121. The molecule has 0 bridgehead atoms. The number of nitriles is 2. The zero-order valence-corrected chi connectivity index (χ0v) is 13.5. The minimum Gasteiger partial charge on any atom is -0.481 e. The van der Waals surface area contributed by atoms with E-state index in [4.69, 9.17) is 15.6 Å². The van der Waals surface area contributed by atoms with E-state index in [0.29, 0.717) is 29.8 Å². The highest BCUT2D eigenvalue weighted by molar-refractivity contribution is 5.74. The molecule has 2 aromatic carbocycles. The number of rotatable bonds is 6. The van der Waals surface area contributed by atoms with Crippen molar-refractivity contribution >= 4 is 12.3 Å². The maximum atomic E-state index is 10.2. The number of aliphatic carboxylic acids is 1. The van der Waals surface area contributed by atoms with Gasteiger partial charge in [-0.3, -0.25) is 9.59 Å². The first kappa shape index (κ1) is 19.6. The Morgan fingerprint density at radius 2 is 1.52 bits per heavy atom. The van der Waals surface area contributed by atoms with Crippen molar-refractivity contribution in [1.82, 2.24) is 5.32 Å². The molecule has 0 saturated heterocycles. The molecule has 0 aliphatic rings. The first-order chi connectivity index (χ1) is 12.1. The summed E-state index contributed by atoms with van der Waals surface area (Å²) in [5.41, 5.74) is 2.84. The molecule has 0 aromatic heterocycles. The van der Waals surface area contributed by atoms with Crippen LogP contribution in [0.5, 0.6) is 0 Å². The average molecular weight is 335 g/mol. The molecule has 2 N–H and O–H groups in total. The fraction of sp³-hybridized carbons (Fsp3) is 0.158. The van der Waals surface area contributed by atoms with E-state index in [0.717, 1.165) is 11.8 Å². The monoisotopic (exact) mass is 335 g/mol. The molecule has 6 nitrogen and oxygen atoms in total. The van der Waals surface area contributed by atoms with E-state index >= 15 is 0 Å². The number of nitrogens with one attached hydrogen (secondary N) is 1. The lowest BCUT2D eigenvalue weighted by atomic mass is 10.1. The van der Waals surface area contributed by atoms with Crippen LogP contribution >= 0.6 is 0 Å². The van der Waals surface area contributed by atoms with E-state index in [9.17, 15) is 9.59 Å². The third kappa shape index (κ3) is 8.08. The number of carbonyl (C=O) groups excluding carboxylic acids is 1. The van der Waals surface area contributed by atoms with Gasteiger partial charge >= 0.3 is 5.97 Å². The van der Waals surface area contributed by atoms with E-state index in [-0.39, 0.29) is 6.42 Å². The molecule has 2 rings (SSSR count). The zero-order valence-electron chi connectivity index (χ0n) is 13.5. The maximum Gasteiger partial charge on any atom is 0.304 e. The Morgan fingerprint density at radius 3 is 1.96 bits per heavy atom. The Bertz CT molecular complexity index is 770. The summed E-state index contributed by atoms with van der Waals surface area (Å²) >= 11 is 0. The number of hydrogen-bond donors (Lipinski definition) is 2. The molecule has 126 valence electrons. The van der Waals surface area contributed by atoms with Gasteiger partial charge < -0.3 is 10.4 Å². The number of hydrogen-bond acceptors (Lipinski definition) is 5. The lowest BCUT2D eigenvalue weighted by molar-refractivity contribution is -0.136. The lowest BCUT2D eigenvalue weighted by Gasteiger charge is -2.02. The predicted octanol–water partition coefficient (Wildman–Crippen LogP) is 2.49. The summed E-state index contributed by atoms with van der Waals surface area (Å²) in [6.45, 7) is 1.08. The molecule has 0 fully saturated rings. The Kier molecular flexibility index (Phi) is 8.70. The van der Waals surface area contributed by atoms with Crippen molar-refractivity contribution in [1.29, 1.82) is 10.5 Å². The Hall–Kier alpha value is -3.48. The standard InChI is InChI=1S/C11H12N2O2.C8H5NO/c12-7-9-1-3-10(4-2-9)8-13-6-5-11(14)15;9-5-7-1-3-8(6-10)4-2-7/h1-4,13H,5-6,8H2,(H,14,15);1-4,6H. The molecule has 25 heavy (non-hydrogen) atoms. The van der Waals surface area contributed by atoms with Crippen LogP contribution in [0.4, 0.5) is 0 Å². The van der Waals surface area contributed by atoms with Gasteiger partial charge in [0.1, 0.15) is 6.29 Å². The van der Waals surface area contributed by atoms with Gasteiger partial charge in [0.2, 0.25) is 0 Å². The number of carbonyl (C=O) groups is 2. The molecule has 6 heteroatoms. The molecule has 0 aliphatic carbocycles. The summed E-state index contributed by atoms with van der Waals surface area (Å²) in [6.07, 6.45) is 0.872. The van der Waals surface area contributed by atoms with Crippen LogP contribution in [0.3, 0.4) is 0 Å². The average Bonchev–Trinajstić information content (AvgIpc) is 2.66. The first-order valence-corrected chi connectivity index (χ1v) is 7.46. The smallest absolute Gasteiger partial charge is 0.304 e. The molecule has 0 amide bonds. The summed E-state index contributed by atoms with van der Waals surface area (Å²) in [7, 11) is 0. The molecule has 0 saturated carbocycles. The number of benzene rings is 2. The van der Waals surface area contributed by atoms with Crippen molar-refractivity contribution in [2.45, 2.75) is 13.0 Å². The van der Waals surface area contributed by atoms with Crippen molar-refractivity contribution in [2.24, 2.45) is 0 Å². The summed E-state index contributed by atoms with van der Waals surface area (Å²) < 4.78 is 0.